The topological polar surface area (TPSA) is 12.0 Å². The van der Waals surface area contributed by atoms with Gasteiger partial charge in [0.1, 0.15) is 9.98 Å². The summed E-state index contributed by atoms with van der Waals surface area (Å²) in [6.07, 6.45) is 1.90. The van der Waals surface area contributed by atoms with E-state index in [2.05, 4.69) is 5.32 Å². The minimum absolute atomic E-state index is 0.698. The molecule has 0 radical (unpaired) electrons. The molecule has 1 aliphatic heterocycles. The van der Waals surface area contributed by atoms with Gasteiger partial charge in [-0.05, 0) is 11.6 Å². The Balaban J connectivity index is 2.43. The number of rotatable bonds is 1. The summed E-state index contributed by atoms with van der Waals surface area (Å²) >= 11 is 10.1. The molecule has 0 saturated carbocycles. The van der Waals surface area contributed by atoms with E-state index in [1.807, 2.05) is 36.4 Å². The molecule has 0 aliphatic carbocycles. The van der Waals surface area contributed by atoms with Gasteiger partial charge in [0.05, 0.1) is 0 Å². The van der Waals surface area contributed by atoms with Crippen LogP contribution in [0.25, 0.3) is 5.57 Å². The van der Waals surface area contributed by atoms with Gasteiger partial charge in [-0.1, -0.05) is 54.8 Å². The van der Waals surface area contributed by atoms with E-state index in [-0.39, 0.29) is 0 Å². The summed E-state index contributed by atoms with van der Waals surface area (Å²) in [6.45, 7) is 0. The highest BCUT2D eigenvalue weighted by molar-refractivity contribution is 7.83. The molecule has 0 bridgehead atoms. The molecule has 0 amide bonds. The van der Waals surface area contributed by atoms with Crippen LogP contribution < -0.4 is 5.32 Å². The second-order valence-electron chi connectivity index (χ2n) is 2.74. The van der Waals surface area contributed by atoms with Gasteiger partial charge in [0.2, 0.25) is 0 Å². The monoisotopic (exact) mass is 205 g/mol. The van der Waals surface area contributed by atoms with Crippen LogP contribution >= 0.6 is 24.4 Å². The molecule has 3 heteroatoms. The van der Waals surface area contributed by atoms with Crippen LogP contribution in [-0.4, -0.2) is 9.98 Å². The van der Waals surface area contributed by atoms with Gasteiger partial charge in [-0.15, -0.1) is 0 Å². The zero-order valence-corrected chi connectivity index (χ0v) is 8.41. The van der Waals surface area contributed by atoms with Crippen molar-refractivity contribution in [3.8, 4) is 0 Å². The average molecular weight is 205 g/mol. The van der Waals surface area contributed by atoms with E-state index < -0.39 is 0 Å². The van der Waals surface area contributed by atoms with Crippen molar-refractivity contribution in [2.45, 2.75) is 0 Å². The van der Waals surface area contributed by atoms with Gasteiger partial charge < -0.3 is 5.32 Å². The summed E-state index contributed by atoms with van der Waals surface area (Å²) in [5.74, 6) is 0. The van der Waals surface area contributed by atoms with Crippen molar-refractivity contribution < 1.29 is 0 Å². The molecule has 0 spiro atoms. The predicted octanol–water partition coefficient (Wildman–Crippen LogP) is 2.33. The second-order valence-corrected chi connectivity index (χ2v) is 3.59. The third kappa shape index (κ3) is 1.66. The van der Waals surface area contributed by atoms with Gasteiger partial charge >= 0.3 is 0 Å². The predicted molar refractivity (Wildman–Crippen MR) is 62.8 cm³/mol. The maximum absolute atomic E-state index is 5.13. The summed E-state index contributed by atoms with van der Waals surface area (Å²) in [6, 6.07) is 10.00. The van der Waals surface area contributed by atoms with Gasteiger partial charge in [-0.25, -0.2) is 0 Å². The molecular formula is C10H7NS2. The van der Waals surface area contributed by atoms with Crippen molar-refractivity contribution in [2.24, 2.45) is 0 Å². The minimum Gasteiger partial charge on any atom is -0.337 e. The molecular weight excluding hydrogens is 198 g/mol. The Hall–Kier alpha value is -1.06. The summed E-state index contributed by atoms with van der Waals surface area (Å²) in [7, 11) is 0. The van der Waals surface area contributed by atoms with Crippen molar-refractivity contribution in [3.05, 3.63) is 42.0 Å². The van der Waals surface area contributed by atoms with Crippen LogP contribution in [0, 0.1) is 0 Å². The van der Waals surface area contributed by atoms with Crippen LogP contribution in [0.4, 0.5) is 0 Å². The fourth-order valence-corrected chi connectivity index (χ4v) is 1.82. The van der Waals surface area contributed by atoms with Crippen molar-refractivity contribution in [3.63, 3.8) is 0 Å². The van der Waals surface area contributed by atoms with Gasteiger partial charge in [-0.2, -0.15) is 0 Å². The van der Waals surface area contributed by atoms with Gasteiger partial charge in [0, 0.05) is 5.57 Å². The molecule has 0 unspecified atom stereocenters. The molecule has 1 aromatic rings. The van der Waals surface area contributed by atoms with Crippen LogP contribution in [-0.2, 0) is 0 Å². The fourth-order valence-electron chi connectivity index (χ4n) is 1.24. The summed E-state index contributed by atoms with van der Waals surface area (Å²) in [5, 5.41) is 2.94. The lowest BCUT2D eigenvalue weighted by atomic mass is 10.1. The van der Waals surface area contributed by atoms with Crippen LogP contribution in [0.1, 0.15) is 5.56 Å². The number of hydrogen-bond donors (Lipinski definition) is 1. The lowest BCUT2D eigenvalue weighted by Gasteiger charge is -2.00. The number of hydrogen-bond acceptors (Lipinski definition) is 2. The molecule has 1 aliphatic rings. The summed E-state index contributed by atoms with van der Waals surface area (Å²) in [4.78, 5) is 1.42. The zero-order valence-electron chi connectivity index (χ0n) is 6.78. The Morgan fingerprint density at radius 1 is 1.00 bits per heavy atom. The van der Waals surface area contributed by atoms with Gasteiger partial charge in [-0.3, -0.25) is 0 Å². The van der Waals surface area contributed by atoms with Crippen molar-refractivity contribution in [1.29, 1.82) is 0 Å². The van der Waals surface area contributed by atoms with E-state index in [0.717, 1.165) is 16.1 Å². The largest absolute Gasteiger partial charge is 0.337 e. The van der Waals surface area contributed by atoms with E-state index in [1.54, 1.807) is 0 Å². The van der Waals surface area contributed by atoms with Gasteiger partial charge in [0.25, 0.3) is 0 Å². The molecule has 1 nitrogen and oxygen atoms in total. The van der Waals surface area contributed by atoms with Gasteiger partial charge in [0.15, 0.2) is 0 Å². The molecule has 0 atom stereocenters. The first kappa shape index (κ1) is 8.53. The summed E-state index contributed by atoms with van der Waals surface area (Å²) < 4.78 is 0. The highest BCUT2D eigenvalue weighted by atomic mass is 32.1. The Kier molecular flexibility index (Phi) is 2.20. The average Bonchev–Trinajstić information content (AvgIpc) is 2.47. The minimum atomic E-state index is 0.698. The lowest BCUT2D eigenvalue weighted by molar-refractivity contribution is 1.51. The Morgan fingerprint density at radius 3 is 2.23 bits per heavy atom. The first-order chi connectivity index (χ1) is 6.27. The maximum Gasteiger partial charge on any atom is 0.112 e. The SMILES string of the molecule is S=C1C=C(c2ccccc2)C(=S)N1. The summed E-state index contributed by atoms with van der Waals surface area (Å²) in [5.41, 5.74) is 2.13. The normalized spacial score (nSPS) is 15.5. The first-order valence-corrected chi connectivity index (χ1v) is 4.71. The second kappa shape index (κ2) is 3.36. The Labute approximate surface area is 87.5 Å². The molecule has 1 N–H and O–H groups in total. The molecule has 13 heavy (non-hydrogen) atoms. The molecule has 0 saturated heterocycles. The highest BCUT2D eigenvalue weighted by Crippen LogP contribution is 2.18. The smallest absolute Gasteiger partial charge is 0.112 e. The van der Waals surface area contributed by atoms with Crippen molar-refractivity contribution in [1.82, 2.24) is 5.32 Å². The molecule has 0 fully saturated rings. The zero-order chi connectivity index (χ0) is 9.26. The number of benzene rings is 1. The molecule has 0 aromatic heterocycles. The van der Waals surface area contributed by atoms with E-state index in [4.69, 9.17) is 24.4 Å². The van der Waals surface area contributed by atoms with Crippen LogP contribution in [0.3, 0.4) is 0 Å². The fraction of sp³-hybridized carbons (Fsp3) is 0. The number of thiocarbonyl (C=S) groups is 2. The maximum atomic E-state index is 5.13. The van der Waals surface area contributed by atoms with Crippen LogP contribution in [0.15, 0.2) is 36.4 Å². The third-order valence-corrected chi connectivity index (χ3v) is 2.38. The third-order valence-electron chi connectivity index (χ3n) is 1.84. The Morgan fingerprint density at radius 2 is 1.69 bits per heavy atom. The van der Waals surface area contributed by atoms with E-state index in [9.17, 15) is 0 Å². The van der Waals surface area contributed by atoms with E-state index in [0.29, 0.717) is 4.99 Å². The molecule has 1 aromatic carbocycles. The lowest BCUT2D eigenvalue weighted by Crippen LogP contribution is -2.18. The van der Waals surface area contributed by atoms with E-state index in [1.165, 1.54) is 0 Å². The van der Waals surface area contributed by atoms with E-state index >= 15 is 0 Å². The molecule has 2 rings (SSSR count). The highest BCUT2D eigenvalue weighted by Gasteiger charge is 2.15. The molecule has 1 heterocycles. The standard InChI is InChI=1S/C10H7NS2/c12-9-6-8(10(13)11-9)7-4-2-1-3-5-7/h1-6H,(H,11,12,13). The van der Waals surface area contributed by atoms with Crippen LogP contribution in [0.5, 0.6) is 0 Å². The Bertz CT molecular complexity index is 393. The quantitative estimate of drug-likeness (QED) is 0.707. The van der Waals surface area contributed by atoms with Crippen LogP contribution in [0.2, 0.25) is 0 Å². The first-order valence-electron chi connectivity index (χ1n) is 3.90. The number of nitrogens with one attached hydrogen (secondary N) is 1. The van der Waals surface area contributed by atoms with Crippen molar-refractivity contribution in [2.75, 3.05) is 0 Å². The van der Waals surface area contributed by atoms with Crippen molar-refractivity contribution >= 4 is 40.0 Å². The molecule has 64 valence electrons.